The van der Waals surface area contributed by atoms with E-state index >= 15 is 0 Å². The van der Waals surface area contributed by atoms with Gasteiger partial charge in [0.15, 0.2) is 0 Å². The lowest BCUT2D eigenvalue weighted by atomic mass is 10.00. The second-order valence-electron chi connectivity index (χ2n) is 5.31. The van der Waals surface area contributed by atoms with Crippen LogP contribution in [0.1, 0.15) is 26.2 Å². The Labute approximate surface area is 126 Å². The highest BCUT2D eigenvalue weighted by Gasteiger charge is 2.31. The summed E-state index contributed by atoms with van der Waals surface area (Å²) in [7, 11) is -3.53. The molecule has 0 unspecified atom stereocenters. The van der Waals surface area contributed by atoms with Gasteiger partial charge in [0, 0.05) is 32.4 Å². The minimum atomic E-state index is -3.53. The molecule has 0 amide bonds. The zero-order chi connectivity index (χ0) is 15.3. The summed E-state index contributed by atoms with van der Waals surface area (Å²) in [6.07, 6.45) is 3.90. The monoisotopic (exact) mass is 313 g/mol. The Morgan fingerprint density at radius 2 is 2.14 bits per heavy atom. The lowest BCUT2D eigenvalue weighted by Crippen LogP contribution is -2.39. The van der Waals surface area contributed by atoms with E-state index < -0.39 is 10.0 Å². The molecule has 0 aromatic carbocycles. The third-order valence-corrected chi connectivity index (χ3v) is 5.69. The first-order valence-corrected chi connectivity index (χ1v) is 8.83. The van der Waals surface area contributed by atoms with Crippen LogP contribution >= 0.6 is 0 Å². The van der Waals surface area contributed by atoms with E-state index in [0.29, 0.717) is 38.3 Å². The molecule has 1 aromatic heterocycles. The number of nitrogens with zero attached hydrogens (tertiary/aromatic N) is 2. The Morgan fingerprint density at radius 1 is 1.43 bits per heavy atom. The van der Waals surface area contributed by atoms with E-state index in [1.54, 1.807) is 18.3 Å². The van der Waals surface area contributed by atoms with Gasteiger partial charge in [-0.15, -0.1) is 0 Å². The molecule has 1 fully saturated rings. The topological polar surface area (TPSA) is 82.5 Å². The van der Waals surface area contributed by atoms with E-state index in [0.717, 1.165) is 6.42 Å². The number of hydrogen-bond acceptors (Lipinski definition) is 5. The second-order valence-corrected chi connectivity index (χ2v) is 7.21. The molecule has 1 aromatic rings. The van der Waals surface area contributed by atoms with Crippen molar-refractivity contribution in [2.75, 3.05) is 31.6 Å². The van der Waals surface area contributed by atoms with Gasteiger partial charge in [0.1, 0.15) is 10.7 Å². The molecule has 2 heterocycles. The summed E-state index contributed by atoms with van der Waals surface area (Å²) < 4.78 is 27.0. The number of hydrogen-bond donors (Lipinski definition) is 2. The molecule has 1 saturated heterocycles. The van der Waals surface area contributed by atoms with Gasteiger partial charge < -0.3 is 10.4 Å². The molecule has 2 rings (SSSR count). The first-order valence-electron chi connectivity index (χ1n) is 7.39. The Hall–Kier alpha value is -1.18. The van der Waals surface area contributed by atoms with Crippen molar-refractivity contribution >= 4 is 15.8 Å². The van der Waals surface area contributed by atoms with Crippen LogP contribution in [0.3, 0.4) is 0 Å². The fraction of sp³-hybridized carbons (Fsp3) is 0.643. The first kappa shape index (κ1) is 16.2. The molecule has 0 spiro atoms. The molecule has 1 aliphatic rings. The predicted molar refractivity (Wildman–Crippen MR) is 81.6 cm³/mol. The summed E-state index contributed by atoms with van der Waals surface area (Å²) in [5.41, 5.74) is 0. The van der Waals surface area contributed by atoms with Crippen LogP contribution in [0.4, 0.5) is 5.82 Å². The Kier molecular flexibility index (Phi) is 5.55. The van der Waals surface area contributed by atoms with Crippen LogP contribution in [-0.2, 0) is 10.0 Å². The maximum Gasteiger partial charge on any atom is 0.246 e. The molecule has 0 aliphatic carbocycles. The summed E-state index contributed by atoms with van der Waals surface area (Å²) in [6.45, 7) is 3.74. The molecule has 0 saturated carbocycles. The molecule has 0 atom stereocenters. The zero-order valence-corrected chi connectivity index (χ0v) is 13.1. The lowest BCUT2D eigenvalue weighted by molar-refractivity contribution is 0.170. The van der Waals surface area contributed by atoms with Crippen molar-refractivity contribution in [2.45, 2.75) is 31.1 Å². The van der Waals surface area contributed by atoms with Crippen LogP contribution in [0, 0.1) is 5.92 Å². The summed E-state index contributed by atoms with van der Waals surface area (Å²) in [5, 5.41) is 12.2. The average Bonchev–Trinajstić information content (AvgIpc) is 2.53. The van der Waals surface area contributed by atoms with E-state index in [1.165, 1.54) is 4.31 Å². The van der Waals surface area contributed by atoms with Gasteiger partial charge in [0.05, 0.1) is 0 Å². The Bertz CT molecular complexity index is 554. The van der Waals surface area contributed by atoms with Crippen molar-refractivity contribution in [1.29, 1.82) is 0 Å². The fourth-order valence-electron chi connectivity index (χ4n) is 2.45. The zero-order valence-electron chi connectivity index (χ0n) is 12.3. The minimum absolute atomic E-state index is 0.129. The minimum Gasteiger partial charge on any atom is -0.396 e. The molecule has 1 aliphatic heterocycles. The Balaban J connectivity index is 2.20. The highest BCUT2D eigenvalue weighted by Crippen LogP contribution is 2.26. The third-order valence-electron chi connectivity index (χ3n) is 3.76. The van der Waals surface area contributed by atoms with E-state index in [1.807, 2.05) is 6.92 Å². The molecule has 21 heavy (non-hydrogen) atoms. The number of pyridine rings is 1. The van der Waals surface area contributed by atoms with Crippen LogP contribution in [0.5, 0.6) is 0 Å². The van der Waals surface area contributed by atoms with Crippen LogP contribution < -0.4 is 5.32 Å². The van der Waals surface area contributed by atoms with Crippen molar-refractivity contribution in [3.05, 3.63) is 18.3 Å². The highest BCUT2D eigenvalue weighted by atomic mass is 32.2. The van der Waals surface area contributed by atoms with Crippen molar-refractivity contribution in [3.63, 3.8) is 0 Å². The maximum absolute atomic E-state index is 12.7. The molecule has 7 heteroatoms. The van der Waals surface area contributed by atoms with E-state index in [-0.39, 0.29) is 17.4 Å². The van der Waals surface area contributed by atoms with Gasteiger partial charge in [0.2, 0.25) is 10.0 Å². The van der Waals surface area contributed by atoms with E-state index in [2.05, 4.69) is 10.3 Å². The van der Waals surface area contributed by atoms with Gasteiger partial charge >= 0.3 is 0 Å². The summed E-state index contributed by atoms with van der Waals surface area (Å²) in [6, 6.07) is 3.24. The molecule has 0 bridgehead atoms. The molecular formula is C14H23N3O3S. The molecule has 0 radical (unpaired) electrons. The van der Waals surface area contributed by atoms with Gasteiger partial charge in [-0.05, 0) is 37.3 Å². The summed E-state index contributed by atoms with van der Waals surface area (Å²) >= 11 is 0. The lowest BCUT2D eigenvalue weighted by Gasteiger charge is -2.30. The van der Waals surface area contributed by atoms with E-state index in [4.69, 9.17) is 5.11 Å². The van der Waals surface area contributed by atoms with Crippen molar-refractivity contribution < 1.29 is 13.5 Å². The number of rotatable bonds is 6. The fourth-order valence-corrected chi connectivity index (χ4v) is 4.04. The molecule has 118 valence electrons. The SMILES string of the molecule is CCCNc1ncccc1S(=O)(=O)N1CCC(CO)CC1. The van der Waals surface area contributed by atoms with Gasteiger partial charge in [-0.2, -0.15) is 4.31 Å². The summed E-state index contributed by atoms with van der Waals surface area (Å²) in [5.74, 6) is 0.631. The van der Waals surface area contributed by atoms with Gasteiger partial charge in [-0.3, -0.25) is 0 Å². The maximum atomic E-state index is 12.7. The number of sulfonamides is 1. The number of aromatic nitrogens is 1. The predicted octanol–water partition coefficient (Wildman–Crippen LogP) is 1.30. The first-order chi connectivity index (χ1) is 10.1. The molecule has 6 nitrogen and oxygen atoms in total. The van der Waals surface area contributed by atoms with Crippen molar-refractivity contribution in [2.24, 2.45) is 5.92 Å². The number of nitrogens with one attached hydrogen (secondary N) is 1. The standard InChI is InChI=1S/C14H23N3O3S/c1-2-7-15-14-13(4-3-8-16-14)21(19,20)17-9-5-12(11-18)6-10-17/h3-4,8,12,18H,2,5-7,9-11H2,1H3,(H,15,16). The molecule has 2 N–H and O–H groups in total. The number of piperidine rings is 1. The number of anilines is 1. The third kappa shape index (κ3) is 3.72. The quantitative estimate of drug-likeness (QED) is 0.827. The smallest absolute Gasteiger partial charge is 0.246 e. The van der Waals surface area contributed by atoms with Gasteiger partial charge in [-0.25, -0.2) is 13.4 Å². The van der Waals surface area contributed by atoms with Crippen LogP contribution in [-0.4, -0.2) is 49.1 Å². The van der Waals surface area contributed by atoms with Crippen LogP contribution in [0.15, 0.2) is 23.2 Å². The Morgan fingerprint density at radius 3 is 2.76 bits per heavy atom. The molecular weight excluding hydrogens is 290 g/mol. The van der Waals surface area contributed by atoms with Gasteiger partial charge in [-0.1, -0.05) is 6.92 Å². The van der Waals surface area contributed by atoms with Crippen molar-refractivity contribution in [1.82, 2.24) is 9.29 Å². The van der Waals surface area contributed by atoms with E-state index in [9.17, 15) is 8.42 Å². The number of aliphatic hydroxyl groups excluding tert-OH is 1. The van der Waals surface area contributed by atoms with Crippen LogP contribution in [0.2, 0.25) is 0 Å². The van der Waals surface area contributed by atoms with Crippen LogP contribution in [0.25, 0.3) is 0 Å². The normalized spacial score (nSPS) is 17.8. The summed E-state index contributed by atoms with van der Waals surface area (Å²) in [4.78, 5) is 4.39. The number of aliphatic hydroxyl groups is 1. The highest BCUT2D eigenvalue weighted by molar-refractivity contribution is 7.89. The van der Waals surface area contributed by atoms with Gasteiger partial charge in [0.25, 0.3) is 0 Å². The average molecular weight is 313 g/mol. The van der Waals surface area contributed by atoms with Crippen molar-refractivity contribution in [3.8, 4) is 0 Å². The second kappa shape index (κ2) is 7.20. The largest absolute Gasteiger partial charge is 0.396 e.